The number of nitrogens with zero attached hydrogens (tertiary/aromatic N) is 2. The molecule has 0 unspecified atom stereocenters. The van der Waals surface area contributed by atoms with Crippen LogP contribution in [0.25, 0.3) is 0 Å². The third kappa shape index (κ3) is 3.54. The quantitative estimate of drug-likeness (QED) is 0.846. The van der Waals surface area contributed by atoms with Gasteiger partial charge >= 0.3 is 5.97 Å². The van der Waals surface area contributed by atoms with E-state index in [0.717, 1.165) is 19.3 Å². The number of carboxylic acids is 1. The van der Waals surface area contributed by atoms with E-state index in [1.54, 1.807) is 9.80 Å². The fraction of sp³-hybridized carbons (Fsp3) is 0.800. The molecule has 6 nitrogen and oxygen atoms in total. The van der Waals surface area contributed by atoms with Crippen LogP contribution in [0.4, 0.5) is 0 Å². The number of rotatable bonds is 3. The van der Waals surface area contributed by atoms with Gasteiger partial charge in [0, 0.05) is 39.5 Å². The van der Waals surface area contributed by atoms with Crippen LogP contribution in [0, 0.1) is 5.41 Å². The van der Waals surface area contributed by atoms with Crippen LogP contribution < -0.4 is 0 Å². The maximum absolute atomic E-state index is 12.5. The highest BCUT2D eigenvalue weighted by Crippen LogP contribution is 2.41. The highest BCUT2D eigenvalue weighted by Gasteiger charge is 2.43. The number of amides is 2. The number of carbonyl (C=O) groups excluding carboxylic acids is 2. The van der Waals surface area contributed by atoms with E-state index in [2.05, 4.69) is 0 Å². The van der Waals surface area contributed by atoms with E-state index >= 15 is 0 Å². The Morgan fingerprint density at radius 1 is 0.952 bits per heavy atom. The fourth-order valence-corrected chi connectivity index (χ4v) is 3.40. The Bertz CT molecular complexity index is 429. The average molecular weight is 296 g/mol. The molecule has 1 saturated carbocycles. The van der Waals surface area contributed by atoms with E-state index in [4.69, 9.17) is 0 Å². The molecule has 2 fully saturated rings. The van der Waals surface area contributed by atoms with Crippen molar-refractivity contribution in [3.63, 3.8) is 0 Å². The number of carbonyl (C=O) groups is 3. The summed E-state index contributed by atoms with van der Waals surface area (Å²) in [5.41, 5.74) is -0.857. The fourth-order valence-electron chi connectivity index (χ4n) is 3.40. The van der Waals surface area contributed by atoms with Crippen LogP contribution in [-0.4, -0.2) is 58.9 Å². The molecule has 1 aliphatic carbocycles. The lowest BCUT2D eigenvalue weighted by Gasteiger charge is -2.28. The van der Waals surface area contributed by atoms with Crippen LogP contribution in [0.15, 0.2) is 0 Å². The molecule has 2 amide bonds. The number of carboxylic acid groups (broad SMARTS) is 1. The lowest BCUT2D eigenvalue weighted by atomic mass is 9.82. The molecule has 1 N–H and O–H groups in total. The first-order valence-corrected chi connectivity index (χ1v) is 7.71. The first-order chi connectivity index (χ1) is 9.94. The van der Waals surface area contributed by atoms with Gasteiger partial charge in [-0.3, -0.25) is 14.4 Å². The van der Waals surface area contributed by atoms with Gasteiger partial charge in [0.15, 0.2) is 0 Å². The van der Waals surface area contributed by atoms with Crippen molar-refractivity contribution in [2.75, 3.05) is 26.2 Å². The second kappa shape index (κ2) is 6.45. The lowest BCUT2D eigenvalue weighted by Crippen LogP contribution is -2.40. The maximum Gasteiger partial charge on any atom is 0.310 e. The van der Waals surface area contributed by atoms with Gasteiger partial charge in [-0.2, -0.15) is 0 Å². The van der Waals surface area contributed by atoms with Crippen LogP contribution in [0.1, 0.15) is 45.4 Å². The second-order valence-corrected chi connectivity index (χ2v) is 6.21. The van der Waals surface area contributed by atoms with Crippen molar-refractivity contribution in [3.8, 4) is 0 Å². The molecule has 0 atom stereocenters. The van der Waals surface area contributed by atoms with Crippen LogP contribution in [-0.2, 0) is 14.4 Å². The van der Waals surface area contributed by atoms with Gasteiger partial charge in [0.05, 0.1) is 5.41 Å². The minimum atomic E-state index is -0.857. The Morgan fingerprint density at radius 2 is 1.52 bits per heavy atom. The van der Waals surface area contributed by atoms with Gasteiger partial charge < -0.3 is 14.9 Å². The van der Waals surface area contributed by atoms with Crippen molar-refractivity contribution in [1.29, 1.82) is 0 Å². The van der Waals surface area contributed by atoms with Crippen LogP contribution in [0.2, 0.25) is 0 Å². The van der Waals surface area contributed by atoms with E-state index < -0.39 is 11.4 Å². The Balaban J connectivity index is 1.96. The molecule has 0 bridgehead atoms. The van der Waals surface area contributed by atoms with E-state index in [1.807, 2.05) is 0 Å². The van der Waals surface area contributed by atoms with Crippen molar-refractivity contribution in [2.45, 2.75) is 45.4 Å². The minimum Gasteiger partial charge on any atom is -0.481 e. The maximum atomic E-state index is 12.5. The van der Waals surface area contributed by atoms with E-state index in [1.165, 1.54) is 6.92 Å². The third-order valence-electron chi connectivity index (χ3n) is 4.80. The Labute approximate surface area is 125 Å². The van der Waals surface area contributed by atoms with Gasteiger partial charge in [-0.05, 0) is 19.3 Å². The van der Waals surface area contributed by atoms with Gasteiger partial charge in [-0.1, -0.05) is 12.8 Å². The summed E-state index contributed by atoms with van der Waals surface area (Å²) in [7, 11) is 0. The topological polar surface area (TPSA) is 77.9 Å². The minimum absolute atomic E-state index is 0.0297. The first-order valence-electron chi connectivity index (χ1n) is 7.71. The summed E-state index contributed by atoms with van der Waals surface area (Å²) in [6.45, 7) is 3.87. The van der Waals surface area contributed by atoms with Crippen LogP contribution in [0.5, 0.6) is 0 Å². The molecule has 0 aromatic heterocycles. The average Bonchev–Trinajstić information content (AvgIpc) is 2.75. The van der Waals surface area contributed by atoms with Gasteiger partial charge in [-0.25, -0.2) is 0 Å². The van der Waals surface area contributed by atoms with Crippen molar-refractivity contribution < 1.29 is 19.5 Å². The molecule has 6 heteroatoms. The second-order valence-electron chi connectivity index (χ2n) is 6.21. The summed E-state index contributed by atoms with van der Waals surface area (Å²) in [6, 6.07) is 0. The van der Waals surface area contributed by atoms with Crippen molar-refractivity contribution >= 4 is 17.8 Å². The summed E-state index contributed by atoms with van der Waals surface area (Å²) < 4.78 is 0. The first kappa shape index (κ1) is 15.8. The molecule has 0 spiro atoms. The zero-order valence-electron chi connectivity index (χ0n) is 12.6. The molecule has 1 aliphatic heterocycles. The Kier molecular flexibility index (Phi) is 4.85. The Morgan fingerprint density at radius 3 is 2.10 bits per heavy atom. The van der Waals surface area contributed by atoms with Crippen molar-refractivity contribution in [2.24, 2.45) is 5.41 Å². The normalized spacial score (nSPS) is 22.0. The van der Waals surface area contributed by atoms with Gasteiger partial charge in [-0.15, -0.1) is 0 Å². The highest BCUT2D eigenvalue weighted by molar-refractivity contribution is 5.85. The molecule has 118 valence electrons. The molecule has 0 aromatic carbocycles. The summed E-state index contributed by atoms with van der Waals surface area (Å²) in [5, 5.41) is 9.46. The predicted octanol–water partition coefficient (Wildman–Crippen LogP) is 1.10. The van der Waals surface area contributed by atoms with E-state index in [9.17, 15) is 19.5 Å². The zero-order valence-corrected chi connectivity index (χ0v) is 12.6. The molecular formula is C15H24N2O4. The molecular weight excluding hydrogens is 272 g/mol. The van der Waals surface area contributed by atoms with Gasteiger partial charge in [0.2, 0.25) is 11.8 Å². The van der Waals surface area contributed by atoms with Crippen LogP contribution in [0.3, 0.4) is 0 Å². The largest absolute Gasteiger partial charge is 0.481 e. The highest BCUT2D eigenvalue weighted by atomic mass is 16.4. The summed E-state index contributed by atoms with van der Waals surface area (Å²) in [5.74, 6) is -0.889. The van der Waals surface area contributed by atoms with Crippen molar-refractivity contribution in [1.82, 2.24) is 9.80 Å². The standard InChI is InChI=1S/C15H24N2O4/c1-12(18)16-7-4-8-17(10-9-16)13(19)11-15(14(20)21)5-2-3-6-15/h2-11H2,1H3,(H,20,21). The molecule has 1 saturated heterocycles. The summed E-state index contributed by atoms with van der Waals surface area (Å²) in [4.78, 5) is 38.8. The molecule has 21 heavy (non-hydrogen) atoms. The molecule has 1 heterocycles. The van der Waals surface area contributed by atoms with Gasteiger partial charge in [0.1, 0.15) is 0 Å². The number of hydrogen-bond acceptors (Lipinski definition) is 3. The lowest BCUT2D eigenvalue weighted by molar-refractivity contribution is -0.153. The monoisotopic (exact) mass is 296 g/mol. The molecule has 2 aliphatic rings. The predicted molar refractivity (Wildman–Crippen MR) is 76.6 cm³/mol. The molecule has 0 aromatic rings. The van der Waals surface area contributed by atoms with E-state index in [0.29, 0.717) is 39.0 Å². The van der Waals surface area contributed by atoms with Crippen molar-refractivity contribution in [3.05, 3.63) is 0 Å². The van der Waals surface area contributed by atoms with Crippen LogP contribution >= 0.6 is 0 Å². The van der Waals surface area contributed by atoms with Gasteiger partial charge in [0.25, 0.3) is 0 Å². The van der Waals surface area contributed by atoms with E-state index in [-0.39, 0.29) is 18.2 Å². The number of hydrogen-bond donors (Lipinski definition) is 1. The number of aliphatic carboxylic acids is 1. The molecule has 0 radical (unpaired) electrons. The smallest absolute Gasteiger partial charge is 0.310 e. The Hall–Kier alpha value is -1.59. The third-order valence-corrected chi connectivity index (χ3v) is 4.80. The zero-order chi connectivity index (χ0) is 15.5. The summed E-state index contributed by atoms with van der Waals surface area (Å²) in [6.07, 6.45) is 3.83. The molecule has 2 rings (SSSR count). The SMILES string of the molecule is CC(=O)N1CCCN(C(=O)CC2(C(=O)O)CCCC2)CC1. The summed E-state index contributed by atoms with van der Waals surface area (Å²) >= 11 is 0.